The average molecular weight is 250 g/mol. The number of hydrogen-bond acceptors (Lipinski definition) is 3. The Morgan fingerprint density at radius 1 is 1.00 bits per heavy atom. The Kier molecular flexibility index (Phi) is 2.88. The van der Waals surface area contributed by atoms with E-state index in [1.165, 1.54) is 11.1 Å². The van der Waals surface area contributed by atoms with E-state index >= 15 is 0 Å². The SMILES string of the molecule is Cc1ccc(-c2cnc(-c3ccncc3)o2)c(C)c1. The minimum atomic E-state index is 0.623. The largest absolute Gasteiger partial charge is 0.436 e. The van der Waals surface area contributed by atoms with Gasteiger partial charge < -0.3 is 4.42 Å². The molecule has 3 rings (SSSR count). The van der Waals surface area contributed by atoms with Crippen molar-refractivity contribution < 1.29 is 4.42 Å². The van der Waals surface area contributed by atoms with Crippen LogP contribution in [0.3, 0.4) is 0 Å². The van der Waals surface area contributed by atoms with Crippen LogP contribution in [0.15, 0.2) is 53.3 Å². The molecule has 19 heavy (non-hydrogen) atoms. The van der Waals surface area contributed by atoms with Crippen LogP contribution in [0, 0.1) is 13.8 Å². The number of pyridine rings is 1. The molecule has 0 radical (unpaired) electrons. The minimum Gasteiger partial charge on any atom is -0.436 e. The molecule has 94 valence electrons. The lowest BCUT2D eigenvalue weighted by molar-refractivity contribution is 0.588. The number of aryl methyl sites for hydroxylation is 2. The molecule has 0 amide bonds. The van der Waals surface area contributed by atoms with Crippen molar-refractivity contribution in [3.8, 4) is 22.8 Å². The van der Waals surface area contributed by atoms with E-state index in [1.54, 1.807) is 18.6 Å². The van der Waals surface area contributed by atoms with Crippen molar-refractivity contribution in [1.82, 2.24) is 9.97 Å². The van der Waals surface area contributed by atoms with Crippen molar-refractivity contribution in [2.24, 2.45) is 0 Å². The first kappa shape index (κ1) is 11.7. The van der Waals surface area contributed by atoms with Crippen LogP contribution in [0.5, 0.6) is 0 Å². The summed E-state index contributed by atoms with van der Waals surface area (Å²) >= 11 is 0. The molecule has 3 aromatic rings. The first-order valence-corrected chi connectivity index (χ1v) is 6.18. The van der Waals surface area contributed by atoms with Crippen LogP contribution in [0.25, 0.3) is 22.8 Å². The summed E-state index contributed by atoms with van der Waals surface area (Å²) < 4.78 is 5.84. The molecule has 0 saturated heterocycles. The van der Waals surface area contributed by atoms with Gasteiger partial charge in [-0.3, -0.25) is 4.98 Å². The highest BCUT2D eigenvalue weighted by Crippen LogP contribution is 2.28. The maximum atomic E-state index is 5.84. The van der Waals surface area contributed by atoms with Gasteiger partial charge in [-0.25, -0.2) is 4.98 Å². The van der Waals surface area contributed by atoms with Gasteiger partial charge in [0.25, 0.3) is 0 Å². The third-order valence-electron chi connectivity index (χ3n) is 3.08. The van der Waals surface area contributed by atoms with Gasteiger partial charge in [-0.2, -0.15) is 0 Å². The molecule has 0 aliphatic heterocycles. The highest BCUT2D eigenvalue weighted by molar-refractivity contribution is 5.64. The fourth-order valence-corrected chi connectivity index (χ4v) is 2.12. The zero-order chi connectivity index (χ0) is 13.2. The van der Waals surface area contributed by atoms with E-state index in [0.29, 0.717) is 5.89 Å². The first-order valence-electron chi connectivity index (χ1n) is 6.18. The number of hydrogen-bond donors (Lipinski definition) is 0. The Hall–Kier alpha value is -2.42. The van der Waals surface area contributed by atoms with E-state index in [-0.39, 0.29) is 0 Å². The summed E-state index contributed by atoms with van der Waals surface area (Å²) in [5.41, 5.74) is 4.46. The normalized spacial score (nSPS) is 10.6. The van der Waals surface area contributed by atoms with E-state index in [2.05, 4.69) is 42.0 Å². The van der Waals surface area contributed by atoms with Crippen molar-refractivity contribution in [3.63, 3.8) is 0 Å². The van der Waals surface area contributed by atoms with Gasteiger partial charge in [-0.05, 0) is 31.5 Å². The average Bonchev–Trinajstić information content (AvgIpc) is 2.89. The molecular weight excluding hydrogens is 236 g/mol. The Balaban J connectivity index is 2.02. The molecule has 0 saturated carbocycles. The Labute approximate surface area is 112 Å². The second-order valence-corrected chi connectivity index (χ2v) is 4.58. The summed E-state index contributed by atoms with van der Waals surface area (Å²) in [7, 11) is 0. The second kappa shape index (κ2) is 4.69. The third kappa shape index (κ3) is 2.27. The molecule has 2 heterocycles. The number of oxazole rings is 1. The van der Waals surface area contributed by atoms with Crippen LogP contribution >= 0.6 is 0 Å². The van der Waals surface area contributed by atoms with Crippen molar-refractivity contribution >= 4 is 0 Å². The molecule has 0 N–H and O–H groups in total. The molecular formula is C16H14N2O. The fourth-order valence-electron chi connectivity index (χ4n) is 2.12. The minimum absolute atomic E-state index is 0.623. The van der Waals surface area contributed by atoms with Gasteiger partial charge in [-0.15, -0.1) is 0 Å². The van der Waals surface area contributed by atoms with Crippen LogP contribution < -0.4 is 0 Å². The summed E-state index contributed by atoms with van der Waals surface area (Å²) in [6, 6.07) is 10.1. The van der Waals surface area contributed by atoms with E-state index in [1.807, 2.05) is 12.1 Å². The molecule has 0 unspecified atom stereocenters. The highest BCUT2D eigenvalue weighted by Gasteiger charge is 2.10. The fraction of sp³-hybridized carbons (Fsp3) is 0.125. The zero-order valence-corrected chi connectivity index (χ0v) is 10.9. The van der Waals surface area contributed by atoms with Crippen molar-refractivity contribution in [3.05, 3.63) is 60.0 Å². The van der Waals surface area contributed by atoms with Gasteiger partial charge in [0.1, 0.15) is 0 Å². The predicted octanol–water partition coefficient (Wildman–Crippen LogP) is 4.02. The van der Waals surface area contributed by atoms with Crippen LogP contribution in [0.1, 0.15) is 11.1 Å². The number of rotatable bonds is 2. The van der Waals surface area contributed by atoms with Gasteiger partial charge >= 0.3 is 0 Å². The molecule has 2 aromatic heterocycles. The number of nitrogens with zero attached hydrogens (tertiary/aromatic N) is 2. The molecule has 0 spiro atoms. The lowest BCUT2D eigenvalue weighted by atomic mass is 10.0. The lowest BCUT2D eigenvalue weighted by Gasteiger charge is -2.03. The molecule has 0 fully saturated rings. The molecule has 0 aliphatic rings. The van der Waals surface area contributed by atoms with Gasteiger partial charge in [0.05, 0.1) is 6.20 Å². The smallest absolute Gasteiger partial charge is 0.226 e. The number of aromatic nitrogens is 2. The quantitative estimate of drug-likeness (QED) is 0.689. The third-order valence-corrected chi connectivity index (χ3v) is 3.08. The van der Waals surface area contributed by atoms with E-state index in [9.17, 15) is 0 Å². The predicted molar refractivity (Wildman–Crippen MR) is 74.6 cm³/mol. The van der Waals surface area contributed by atoms with Crippen LogP contribution in [0.2, 0.25) is 0 Å². The summed E-state index contributed by atoms with van der Waals surface area (Å²) in [5.74, 6) is 1.42. The van der Waals surface area contributed by atoms with Crippen LogP contribution in [-0.4, -0.2) is 9.97 Å². The summed E-state index contributed by atoms with van der Waals surface area (Å²) in [4.78, 5) is 8.32. The molecule has 0 bridgehead atoms. The Bertz CT molecular complexity index is 702. The Morgan fingerprint density at radius 3 is 2.53 bits per heavy atom. The lowest BCUT2D eigenvalue weighted by Crippen LogP contribution is -1.82. The van der Waals surface area contributed by atoms with Crippen LogP contribution in [-0.2, 0) is 0 Å². The molecule has 0 aliphatic carbocycles. The summed E-state index contributed by atoms with van der Waals surface area (Å²) in [6.45, 7) is 4.16. The monoisotopic (exact) mass is 250 g/mol. The summed E-state index contributed by atoms with van der Waals surface area (Å²) in [6.07, 6.45) is 5.24. The number of benzene rings is 1. The van der Waals surface area contributed by atoms with Crippen molar-refractivity contribution in [1.29, 1.82) is 0 Å². The molecule has 0 atom stereocenters. The van der Waals surface area contributed by atoms with E-state index in [4.69, 9.17) is 4.42 Å². The second-order valence-electron chi connectivity index (χ2n) is 4.58. The van der Waals surface area contributed by atoms with E-state index < -0.39 is 0 Å². The highest BCUT2D eigenvalue weighted by atomic mass is 16.4. The van der Waals surface area contributed by atoms with Gasteiger partial charge in [0.15, 0.2) is 5.76 Å². The topological polar surface area (TPSA) is 38.9 Å². The molecule has 1 aromatic carbocycles. The maximum Gasteiger partial charge on any atom is 0.226 e. The molecule has 3 nitrogen and oxygen atoms in total. The first-order chi connectivity index (χ1) is 9.24. The van der Waals surface area contributed by atoms with Crippen molar-refractivity contribution in [2.45, 2.75) is 13.8 Å². The maximum absolute atomic E-state index is 5.84. The van der Waals surface area contributed by atoms with Gasteiger partial charge in [-0.1, -0.05) is 23.8 Å². The van der Waals surface area contributed by atoms with Gasteiger partial charge in [0, 0.05) is 23.5 Å². The zero-order valence-electron chi connectivity index (χ0n) is 10.9. The summed E-state index contributed by atoms with van der Waals surface area (Å²) in [5, 5.41) is 0. The van der Waals surface area contributed by atoms with Crippen molar-refractivity contribution in [2.75, 3.05) is 0 Å². The Morgan fingerprint density at radius 2 is 1.79 bits per heavy atom. The van der Waals surface area contributed by atoms with E-state index in [0.717, 1.165) is 16.9 Å². The standard InChI is InChI=1S/C16H14N2O/c1-11-3-4-14(12(2)9-11)15-10-18-16(19-15)13-5-7-17-8-6-13/h3-10H,1-2H3. The molecule has 3 heteroatoms. The van der Waals surface area contributed by atoms with Crippen LogP contribution in [0.4, 0.5) is 0 Å². The van der Waals surface area contributed by atoms with Gasteiger partial charge in [0.2, 0.25) is 5.89 Å².